The van der Waals surface area contributed by atoms with Crippen molar-refractivity contribution >= 4 is 18.3 Å². The van der Waals surface area contributed by atoms with Gasteiger partial charge in [-0.25, -0.2) is 0 Å². The smallest absolute Gasteiger partial charge is 0.257 e. The average Bonchev–Trinajstić information content (AvgIpc) is 2.51. The molecule has 0 radical (unpaired) electrons. The molecule has 0 aliphatic heterocycles. The number of methoxy groups -OCH3 is 1. The normalized spacial score (nSPS) is 11.0. The summed E-state index contributed by atoms with van der Waals surface area (Å²) in [5, 5.41) is 2.77. The van der Waals surface area contributed by atoms with Crippen molar-refractivity contribution in [2.24, 2.45) is 11.7 Å². The van der Waals surface area contributed by atoms with Gasteiger partial charge in [-0.3, -0.25) is 4.79 Å². The van der Waals surface area contributed by atoms with Crippen molar-refractivity contribution in [3.8, 4) is 11.5 Å². The molecule has 1 atom stereocenters. The molecule has 3 N–H and O–H groups in total. The van der Waals surface area contributed by atoms with Crippen LogP contribution in [0.3, 0.4) is 0 Å². The fourth-order valence-electron chi connectivity index (χ4n) is 1.69. The molecule has 0 bridgehead atoms. The van der Waals surface area contributed by atoms with Gasteiger partial charge in [0.05, 0.1) is 7.11 Å². The van der Waals surface area contributed by atoms with Gasteiger partial charge in [0, 0.05) is 6.54 Å². The highest BCUT2D eigenvalue weighted by atomic mass is 35.5. The molecule has 1 aromatic rings. The summed E-state index contributed by atoms with van der Waals surface area (Å²) in [6, 6.07) is 5.60. The summed E-state index contributed by atoms with van der Waals surface area (Å²) in [6.45, 7) is 6.72. The van der Waals surface area contributed by atoms with E-state index in [1.54, 1.807) is 13.2 Å². The second-order valence-electron chi connectivity index (χ2n) is 4.91. The summed E-state index contributed by atoms with van der Waals surface area (Å²) in [6.07, 6.45) is 2.58. The molecule has 1 rings (SSSR count). The molecular weight excluding hydrogens is 304 g/mol. The summed E-state index contributed by atoms with van der Waals surface area (Å²) in [4.78, 5) is 11.7. The number of nitrogens with two attached hydrogens (primary N) is 1. The maximum absolute atomic E-state index is 11.7. The second-order valence-corrected chi connectivity index (χ2v) is 4.91. The van der Waals surface area contributed by atoms with Crippen LogP contribution in [0.15, 0.2) is 30.9 Å². The molecule has 0 spiro atoms. The van der Waals surface area contributed by atoms with E-state index in [0.717, 1.165) is 12.0 Å². The largest absolute Gasteiger partial charge is 0.493 e. The number of benzene rings is 1. The van der Waals surface area contributed by atoms with E-state index >= 15 is 0 Å². The Kier molecular flexibility index (Phi) is 10.1. The predicted molar refractivity (Wildman–Crippen MR) is 90.9 cm³/mol. The van der Waals surface area contributed by atoms with Gasteiger partial charge < -0.3 is 20.5 Å². The van der Waals surface area contributed by atoms with Gasteiger partial charge in [-0.05, 0) is 36.6 Å². The van der Waals surface area contributed by atoms with Crippen LogP contribution in [-0.2, 0) is 11.2 Å². The predicted octanol–water partition coefficient (Wildman–Crippen LogP) is 1.94. The van der Waals surface area contributed by atoms with Crippen LogP contribution in [0.5, 0.6) is 11.5 Å². The maximum Gasteiger partial charge on any atom is 0.257 e. The Hall–Kier alpha value is -1.72. The number of carbonyl (C=O) groups excluding carboxylic acids is 1. The lowest BCUT2D eigenvalue weighted by Gasteiger charge is -2.13. The molecule has 1 unspecified atom stereocenters. The van der Waals surface area contributed by atoms with Gasteiger partial charge in [-0.1, -0.05) is 19.1 Å². The molecule has 5 nitrogen and oxygen atoms in total. The highest BCUT2D eigenvalue weighted by Gasteiger charge is 2.09. The number of hydrogen-bond donors (Lipinski definition) is 2. The number of amides is 1. The lowest BCUT2D eigenvalue weighted by atomic mass is 10.1. The van der Waals surface area contributed by atoms with Crippen LogP contribution < -0.4 is 20.5 Å². The third-order valence-electron chi connectivity index (χ3n) is 3.02. The summed E-state index contributed by atoms with van der Waals surface area (Å²) in [5.74, 6) is 1.24. The summed E-state index contributed by atoms with van der Waals surface area (Å²) >= 11 is 0. The van der Waals surface area contributed by atoms with Crippen LogP contribution in [-0.4, -0.2) is 32.7 Å². The third kappa shape index (κ3) is 6.83. The lowest BCUT2D eigenvalue weighted by Crippen LogP contribution is -2.34. The number of allylic oxidation sites excluding steroid dienone is 1. The number of rotatable bonds is 9. The van der Waals surface area contributed by atoms with Crippen molar-refractivity contribution in [3.05, 3.63) is 36.4 Å². The quantitative estimate of drug-likeness (QED) is 0.679. The van der Waals surface area contributed by atoms with Crippen molar-refractivity contribution < 1.29 is 14.3 Å². The molecular formula is C16H25ClN2O3. The molecule has 0 aliphatic rings. The van der Waals surface area contributed by atoms with E-state index in [4.69, 9.17) is 15.2 Å². The van der Waals surface area contributed by atoms with Crippen LogP contribution in [0.4, 0.5) is 0 Å². The number of nitrogens with one attached hydrogen (secondary N) is 1. The van der Waals surface area contributed by atoms with E-state index in [-0.39, 0.29) is 30.8 Å². The van der Waals surface area contributed by atoms with Crippen molar-refractivity contribution in [2.45, 2.75) is 13.3 Å². The van der Waals surface area contributed by atoms with E-state index in [2.05, 4.69) is 11.9 Å². The minimum Gasteiger partial charge on any atom is -0.493 e. The van der Waals surface area contributed by atoms with Gasteiger partial charge in [-0.15, -0.1) is 19.0 Å². The average molecular weight is 329 g/mol. The fourth-order valence-corrected chi connectivity index (χ4v) is 1.69. The molecule has 0 saturated carbocycles. The van der Waals surface area contributed by atoms with Crippen LogP contribution in [0.25, 0.3) is 0 Å². The van der Waals surface area contributed by atoms with Gasteiger partial charge in [0.1, 0.15) is 0 Å². The minimum absolute atomic E-state index is 0. The topological polar surface area (TPSA) is 73.6 Å². The molecule has 0 heterocycles. The Labute approximate surface area is 138 Å². The van der Waals surface area contributed by atoms with Gasteiger partial charge >= 0.3 is 0 Å². The zero-order valence-corrected chi connectivity index (χ0v) is 13.9. The first kappa shape index (κ1) is 20.3. The van der Waals surface area contributed by atoms with E-state index in [1.165, 1.54) is 0 Å². The Balaban J connectivity index is 0.00000441. The van der Waals surface area contributed by atoms with Crippen LogP contribution in [0.1, 0.15) is 12.5 Å². The third-order valence-corrected chi connectivity index (χ3v) is 3.02. The van der Waals surface area contributed by atoms with Crippen molar-refractivity contribution in [1.82, 2.24) is 5.32 Å². The zero-order chi connectivity index (χ0) is 15.7. The van der Waals surface area contributed by atoms with Crippen molar-refractivity contribution in [1.29, 1.82) is 0 Å². The molecule has 0 fully saturated rings. The van der Waals surface area contributed by atoms with E-state index in [0.29, 0.717) is 24.6 Å². The van der Waals surface area contributed by atoms with Crippen molar-refractivity contribution in [2.75, 3.05) is 26.8 Å². The highest BCUT2D eigenvalue weighted by molar-refractivity contribution is 5.85. The number of hydrogen-bond acceptors (Lipinski definition) is 4. The van der Waals surface area contributed by atoms with Crippen LogP contribution >= 0.6 is 12.4 Å². The maximum atomic E-state index is 11.7. The van der Waals surface area contributed by atoms with E-state index in [1.807, 2.05) is 25.1 Å². The molecule has 1 amide bonds. The lowest BCUT2D eigenvalue weighted by molar-refractivity contribution is -0.123. The SMILES string of the molecule is C=CCc1ccc(OCC(=O)NCC(C)CN)c(OC)c1.Cl. The van der Waals surface area contributed by atoms with E-state index < -0.39 is 0 Å². The molecule has 22 heavy (non-hydrogen) atoms. The monoisotopic (exact) mass is 328 g/mol. The molecule has 0 aliphatic carbocycles. The first-order valence-corrected chi connectivity index (χ1v) is 6.98. The molecule has 124 valence electrons. The minimum atomic E-state index is -0.174. The molecule has 1 aromatic carbocycles. The molecule has 0 saturated heterocycles. The first-order chi connectivity index (χ1) is 10.1. The van der Waals surface area contributed by atoms with Crippen molar-refractivity contribution in [3.63, 3.8) is 0 Å². The Morgan fingerprint density at radius 1 is 1.45 bits per heavy atom. The fraction of sp³-hybridized carbons (Fsp3) is 0.438. The van der Waals surface area contributed by atoms with Crippen LogP contribution in [0, 0.1) is 5.92 Å². The number of carbonyl (C=O) groups is 1. The second kappa shape index (κ2) is 10.9. The molecule has 0 aromatic heterocycles. The standard InChI is InChI=1S/C16H24N2O3.ClH/c1-4-5-13-6-7-14(15(8-13)20-3)21-11-16(19)18-10-12(2)9-17;/h4,6-8,12H,1,5,9-11,17H2,2-3H3,(H,18,19);1H. The van der Waals surface area contributed by atoms with E-state index in [9.17, 15) is 4.79 Å². The summed E-state index contributed by atoms with van der Waals surface area (Å²) < 4.78 is 10.8. The van der Waals surface area contributed by atoms with Gasteiger partial charge in [0.2, 0.25) is 0 Å². The Morgan fingerprint density at radius 2 is 2.18 bits per heavy atom. The first-order valence-electron chi connectivity index (χ1n) is 6.98. The van der Waals surface area contributed by atoms with Gasteiger partial charge in [-0.2, -0.15) is 0 Å². The molecule has 6 heteroatoms. The van der Waals surface area contributed by atoms with Gasteiger partial charge in [0.25, 0.3) is 5.91 Å². The zero-order valence-electron chi connectivity index (χ0n) is 13.1. The number of ether oxygens (including phenoxy) is 2. The Morgan fingerprint density at radius 3 is 2.77 bits per heavy atom. The highest BCUT2D eigenvalue weighted by Crippen LogP contribution is 2.28. The number of halogens is 1. The van der Waals surface area contributed by atoms with Gasteiger partial charge in [0.15, 0.2) is 18.1 Å². The Bertz CT molecular complexity index is 480. The van der Waals surface area contributed by atoms with Crippen LogP contribution in [0.2, 0.25) is 0 Å². The summed E-state index contributed by atoms with van der Waals surface area (Å²) in [5.41, 5.74) is 6.57. The summed E-state index contributed by atoms with van der Waals surface area (Å²) in [7, 11) is 1.57.